The van der Waals surface area contributed by atoms with Crippen molar-refractivity contribution < 1.29 is 0 Å². The standard InChI is InChI=1S/C45H46N2/c1-32-12-10-15-41(28-32)46(43-27-22-38(35(4)30-43)31-45(5,6)7)39-23-18-36(19-24-39)37-20-25-40(26-21-37)47(42-16-11-13-33(2)29-42)44-17-9-8-14-34(44)3/h8-30H,31H2,1-7H3. The Balaban J connectivity index is 1.33. The Bertz CT molecular complexity index is 1980. The van der Waals surface area contributed by atoms with E-state index in [9.17, 15) is 0 Å². The molecule has 0 fully saturated rings. The maximum absolute atomic E-state index is 2.37. The van der Waals surface area contributed by atoms with Crippen LogP contribution in [-0.4, -0.2) is 0 Å². The summed E-state index contributed by atoms with van der Waals surface area (Å²) in [4.78, 5) is 4.72. The fourth-order valence-electron chi connectivity index (χ4n) is 6.42. The predicted molar refractivity (Wildman–Crippen MR) is 203 cm³/mol. The average Bonchev–Trinajstić information content (AvgIpc) is 3.04. The minimum absolute atomic E-state index is 0.246. The summed E-state index contributed by atoms with van der Waals surface area (Å²) in [6.45, 7) is 15.6. The Morgan fingerprint density at radius 2 is 0.915 bits per heavy atom. The monoisotopic (exact) mass is 614 g/mol. The second-order valence-electron chi connectivity index (χ2n) is 14.1. The van der Waals surface area contributed by atoms with Crippen molar-refractivity contribution in [3.63, 3.8) is 0 Å². The molecule has 6 aromatic rings. The summed E-state index contributed by atoms with van der Waals surface area (Å²) < 4.78 is 0. The summed E-state index contributed by atoms with van der Waals surface area (Å²) in [5.41, 5.74) is 16.1. The Hall–Kier alpha value is -5.08. The van der Waals surface area contributed by atoms with Crippen molar-refractivity contribution in [2.45, 2.75) is 54.9 Å². The molecule has 2 heteroatoms. The molecule has 0 aliphatic rings. The molecule has 0 aliphatic heterocycles. The number of nitrogens with zero attached hydrogens (tertiary/aromatic N) is 2. The average molecular weight is 615 g/mol. The molecule has 47 heavy (non-hydrogen) atoms. The largest absolute Gasteiger partial charge is 0.310 e. The van der Waals surface area contributed by atoms with E-state index in [0.717, 1.165) is 29.2 Å². The van der Waals surface area contributed by atoms with Crippen LogP contribution < -0.4 is 9.80 Å². The van der Waals surface area contributed by atoms with Crippen LogP contribution in [0.4, 0.5) is 34.1 Å². The molecule has 6 rings (SSSR count). The minimum atomic E-state index is 0.246. The molecule has 2 nitrogen and oxygen atoms in total. The summed E-state index contributed by atoms with van der Waals surface area (Å²) in [5.74, 6) is 0. The molecule has 0 aromatic heterocycles. The third kappa shape index (κ3) is 7.34. The minimum Gasteiger partial charge on any atom is -0.310 e. The molecule has 0 amide bonds. The van der Waals surface area contributed by atoms with E-state index in [1.807, 2.05) is 0 Å². The summed E-state index contributed by atoms with van der Waals surface area (Å²) in [6.07, 6.45) is 1.06. The number of benzene rings is 6. The Morgan fingerprint density at radius 3 is 1.43 bits per heavy atom. The van der Waals surface area contributed by atoms with Gasteiger partial charge in [-0.05, 0) is 145 Å². The molecule has 0 spiro atoms. The van der Waals surface area contributed by atoms with Crippen LogP contribution in [0.3, 0.4) is 0 Å². The van der Waals surface area contributed by atoms with Crippen molar-refractivity contribution in [1.82, 2.24) is 0 Å². The van der Waals surface area contributed by atoms with Gasteiger partial charge in [0.25, 0.3) is 0 Å². The molecule has 0 aliphatic carbocycles. The van der Waals surface area contributed by atoms with Crippen molar-refractivity contribution >= 4 is 34.1 Å². The fraction of sp³-hybridized carbons (Fsp3) is 0.200. The third-order valence-electron chi connectivity index (χ3n) is 8.77. The highest BCUT2D eigenvalue weighted by atomic mass is 15.1. The molecular weight excluding hydrogens is 569 g/mol. The lowest BCUT2D eigenvalue weighted by molar-refractivity contribution is 0.410. The van der Waals surface area contributed by atoms with Gasteiger partial charge in [0.05, 0.1) is 0 Å². The van der Waals surface area contributed by atoms with Gasteiger partial charge in [-0.1, -0.05) is 93.6 Å². The molecule has 0 atom stereocenters. The fourth-order valence-corrected chi connectivity index (χ4v) is 6.42. The highest BCUT2D eigenvalue weighted by molar-refractivity contribution is 5.82. The summed E-state index contributed by atoms with van der Waals surface area (Å²) >= 11 is 0. The molecule has 236 valence electrons. The van der Waals surface area contributed by atoms with E-state index in [1.165, 1.54) is 50.3 Å². The van der Waals surface area contributed by atoms with Crippen LogP contribution in [0.5, 0.6) is 0 Å². The first kappa shape index (κ1) is 31.9. The molecule has 0 heterocycles. The number of aryl methyl sites for hydroxylation is 4. The van der Waals surface area contributed by atoms with Gasteiger partial charge >= 0.3 is 0 Å². The van der Waals surface area contributed by atoms with Gasteiger partial charge in [-0.25, -0.2) is 0 Å². The molecule has 0 saturated carbocycles. The van der Waals surface area contributed by atoms with E-state index < -0.39 is 0 Å². The highest BCUT2D eigenvalue weighted by Crippen LogP contribution is 2.40. The van der Waals surface area contributed by atoms with Gasteiger partial charge in [0, 0.05) is 34.1 Å². The number of para-hydroxylation sites is 1. The number of hydrogen-bond acceptors (Lipinski definition) is 2. The van der Waals surface area contributed by atoms with Crippen LogP contribution in [0.25, 0.3) is 11.1 Å². The quantitative estimate of drug-likeness (QED) is 0.168. The van der Waals surface area contributed by atoms with Crippen molar-refractivity contribution in [2.75, 3.05) is 9.80 Å². The first-order valence-corrected chi connectivity index (χ1v) is 16.6. The second-order valence-corrected chi connectivity index (χ2v) is 14.1. The van der Waals surface area contributed by atoms with E-state index >= 15 is 0 Å². The topological polar surface area (TPSA) is 6.48 Å². The normalized spacial score (nSPS) is 11.4. The maximum Gasteiger partial charge on any atom is 0.0490 e. The van der Waals surface area contributed by atoms with Gasteiger partial charge in [-0.2, -0.15) is 0 Å². The van der Waals surface area contributed by atoms with Crippen molar-refractivity contribution in [1.29, 1.82) is 0 Å². The molecule has 0 saturated heterocycles. The van der Waals surface area contributed by atoms with Crippen molar-refractivity contribution in [3.05, 3.63) is 167 Å². The van der Waals surface area contributed by atoms with E-state index in [1.54, 1.807) is 0 Å². The van der Waals surface area contributed by atoms with Crippen LogP contribution in [0, 0.1) is 33.1 Å². The molecule has 0 bridgehead atoms. The van der Waals surface area contributed by atoms with Crippen molar-refractivity contribution in [2.24, 2.45) is 5.41 Å². The number of rotatable bonds is 8. The van der Waals surface area contributed by atoms with Crippen LogP contribution in [0.1, 0.15) is 48.6 Å². The Kier molecular flexibility index (Phi) is 9.05. The molecular formula is C45H46N2. The van der Waals surface area contributed by atoms with Crippen LogP contribution in [0.2, 0.25) is 0 Å². The zero-order valence-corrected chi connectivity index (χ0v) is 28.9. The second kappa shape index (κ2) is 13.3. The van der Waals surface area contributed by atoms with E-state index in [-0.39, 0.29) is 5.41 Å². The number of hydrogen-bond donors (Lipinski definition) is 0. The first-order chi connectivity index (χ1) is 22.6. The number of anilines is 6. The van der Waals surface area contributed by atoms with Gasteiger partial charge in [-0.15, -0.1) is 0 Å². The first-order valence-electron chi connectivity index (χ1n) is 16.6. The van der Waals surface area contributed by atoms with Crippen molar-refractivity contribution in [3.8, 4) is 11.1 Å². The van der Waals surface area contributed by atoms with E-state index in [0.29, 0.717) is 0 Å². The van der Waals surface area contributed by atoms with Crippen LogP contribution in [-0.2, 0) is 6.42 Å². The molecule has 0 unspecified atom stereocenters. The smallest absolute Gasteiger partial charge is 0.0490 e. The third-order valence-corrected chi connectivity index (χ3v) is 8.77. The Labute approximate surface area is 282 Å². The van der Waals surface area contributed by atoms with Gasteiger partial charge in [-0.3, -0.25) is 0 Å². The maximum atomic E-state index is 2.37. The SMILES string of the molecule is Cc1cccc(N(c2ccc(-c3ccc(N(c4cccc(C)c4)c4ccccc4C)cc3)cc2)c2ccc(CC(C)(C)C)c(C)c2)c1. The summed E-state index contributed by atoms with van der Waals surface area (Å²) in [7, 11) is 0. The van der Waals surface area contributed by atoms with E-state index in [2.05, 4.69) is 198 Å². The highest BCUT2D eigenvalue weighted by Gasteiger charge is 2.18. The Morgan fingerprint density at radius 1 is 0.426 bits per heavy atom. The predicted octanol–water partition coefficient (Wildman–Crippen LogP) is 13.1. The zero-order chi connectivity index (χ0) is 33.1. The summed E-state index contributed by atoms with van der Waals surface area (Å²) in [6, 6.07) is 50.9. The van der Waals surface area contributed by atoms with Gasteiger partial charge in [0.2, 0.25) is 0 Å². The zero-order valence-electron chi connectivity index (χ0n) is 28.9. The lowest BCUT2D eigenvalue weighted by Gasteiger charge is -2.28. The lowest BCUT2D eigenvalue weighted by atomic mass is 9.86. The molecule has 0 radical (unpaired) electrons. The van der Waals surface area contributed by atoms with E-state index in [4.69, 9.17) is 0 Å². The van der Waals surface area contributed by atoms with Gasteiger partial charge in [0.1, 0.15) is 0 Å². The van der Waals surface area contributed by atoms with Crippen LogP contribution in [0.15, 0.2) is 140 Å². The van der Waals surface area contributed by atoms with Gasteiger partial charge in [0.15, 0.2) is 0 Å². The molecule has 0 N–H and O–H groups in total. The van der Waals surface area contributed by atoms with Gasteiger partial charge < -0.3 is 9.80 Å². The summed E-state index contributed by atoms with van der Waals surface area (Å²) in [5, 5.41) is 0. The molecule has 6 aromatic carbocycles. The lowest BCUT2D eigenvalue weighted by Crippen LogP contribution is -2.13. The van der Waals surface area contributed by atoms with Crippen LogP contribution >= 0.6 is 0 Å².